The standard InChI is InChI=1S/C15H28N2O2/c1-12(2)16-9-6-14(18)17-10-8-15(19)7-4-3-5-13(15)11-17/h12-13,16,19H,3-11H2,1-2H3. The van der Waals surface area contributed by atoms with Gasteiger partial charge in [0.25, 0.3) is 0 Å². The van der Waals surface area contributed by atoms with Gasteiger partial charge in [0, 0.05) is 38.0 Å². The van der Waals surface area contributed by atoms with Crippen molar-refractivity contribution in [1.29, 1.82) is 0 Å². The van der Waals surface area contributed by atoms with E-state index in [1.54, 1.807) is 0 Å². The van der Waals surface area contributed by atoms with Gasteiger partial charge in [-0.05, 0) is 19.3 Å². The molecule has 4 nitrogen and oxygen atoms in total. The van der Waals surface area contributed by atoms with Crippen molar-refractivity contribution >= 4 is 5.91 Å². The monoisotopic (exact) mass is 268 g/mol. The van der Waals surface area contributed by atoms with E-state index in [1.807, 2.05) is 4.90 Å². The summed E-state index contributed by atoms with van der Waals surface area (Å²) in [5.41, 5.74) is -0.481. The van der Waals surface area contributed by atoms with Gasteiger partial charge in [-0.1, -0.05) is 26.7 Å². The number of hydrogen-bond acceptors (Lipinski definition) is 3. The maximum absolute atomic E-state index is 12.2. The largest absolute Gasteiger partial charge is 0.389 e. The SMILES string of the molecule is CC(C)NCCC(=O)N1CCC2(O)CCCCC2C1. The van der Waals surface area contributed by atoms with Crippen LogP contribution >= 0.6 is 0 Å². The van der Waals surface area contributed by atoms with E-state index in [0.717, 1.165) is 45.3 Å². The van der Waals surface area contributed by atoms with Crippen LogP contribution in [0.15, 0.2) is 0 Å². The molecule has 1 aliphatic heterocycles. The number of piperidine rings is 1. The number of nitrogens with one attached hydrogen (secondary N) is 1. The van der Waals surface area contributed by atoms with Gasteiger partial charge in [0.15, 0.2) is 0 Å². The number of nitrogens with zero attached hydrogens (tertiary/aromatic N) is 1. The molecule has 4 heteroatoms. The minimum Gasteiger partial charge on any atom is -0.389 e. The number of hydrogen-bond donors (Lipinski definition) is 2. The maximum Gasteiger partial charge on any atom is 0.223 e. The molecule has 2 unspecified atom stereocenters. The summed E-state index contributed by atoms with van der Waals surface area (Å²) in [7, 11) is 0. The van der Waals surface area contributed by atoms with Crippen molar-refractivity contribution < 1.29 is 9.90 Å². The summed E-state index contributed by atoms with van der Waals surface area (Å²) in [6.07, 6.45) is 5.67. The zero-order valence-corrected chi connectivity index (χ0v) is 12.3. The van der Waals surface area contributed by atoms with E-state index < -0.39 is 5.60 Å². The van der Waals surface area contributed by atoms with Gasteiger partial charge in [0.2, 0.25) is 5.91 Å². The van der Waals surface area contributed by atoms with Crippen LogP contribution in [0.3, 0.4) is 0 Å². The molecule has 0 radical (unpaired) electrons. The minimum absolute atomic E-state index is 0.237. The molecule has 0 bridgehead atoms. The number of amides is 1. The first-order valence-corrected chi connectivity index (χ1v) is 7.75. The second-order valence-corrected chi connectivity index (χ2v) is 6.49. The topological polar surface area (TPSA) is 52.6 Å². The van der Waals surface area contributed by atoms with E-state index in [2.05, 4.69) is 19.2 Å². The van der Waals surface area contributed by atoms with Crippen LogP contribution in [0, 0.1) is 5.92 Å². The average Bonchev–Trinajstić information content (AvgIpc) is 2.37. The van der Waals surface area contributed by atoms with Crippen LogP contribution in [-0.4, -0.2) is 47.2 Å². The highest BCUT2D eigenvalue weighted by molar-refractivity contribution is 5.76. The van der Waals surface area contributed by atoms with E-state index in [4.69, 9.17) is 0 Å². The molecule has 0 spiro atoms. The van der Waals surface area contributed by atoms with Crippen molar-refractivity contribution in [3.05, 3.63) is 0 Å². The summed E-state index contributed by atoms with van der Waals surface area (Å²) < 4.78 is 0. The molecule has 0 aromatic carbocycles. The summed E-state index contributed by atoms with van der Waals surface area (Å²) in [6, 6.07) is 0.428. The number of aliphatic hydroxyl groups is 1. The second-order valence-electron chi connectivity index (χ2n) is 6.49. The Morgan fingerprint density at radius 2 is 2.21 bits per heavy atom. The molecule has 2 fully saturated rings. The van der Waals surface area contributed by atoms with Crippen molar-refractivity contribution in [2.24, 2.45) is 5.92 Å². The zero-order chi connectivity index (χ0) is 13.9. The van der Waals surface area contributed by atoms with Gasteiger partial charge < -0.3 is 15.3 Å². The van der Waals surface area contributed by atoms with Crippen molar-refractivity contribution in [3.8, 4) is 0 Å². The summed E-state index contributed by atoms with van der Waals surface area (Å²) in [5.74, 6) is 0.540. The van der Waals surface area contributed by atoms with Crippen molar-refractivity contribution in [2.75, 3.05) is 19.6 Å². The first kappa shape index (κ1) is 14.8. The maximum atomic E-state index is 12.2. The summed E-state index contributed by atoms with van der Waals surface area (Å²) in [4.78, 5) is 14.1. The molecular weight excluding hydrogens is 240 g/mol. The van der Waals surface area contributed by atoms with Crippen LogP contribution in [0.25, 0.3) is 0 Å². The van der Waals surface area contributed by atoms with Crippen LogP contribution in [0.4, 0.5) is 0 Å². The highest BCUT2D eigenvalue weighted by Crippen LogP contribution is 2.39. The Bertz CT molecular complexity index is 319. The first-order valence-electron chi connectivity index (χ1n) is 7.75. The molecule has 1 amide bonds. The van der Waals surface area contributed by atoms with Crippen LogP contribution in [0.2, 0.25) is 0 Å². The Kier molecular flexibility index (Phi) is 4.85. The number of likely N-dealkylation sites (tertiary alicyclic amines) is 1. The number of carbonyl (C=O) groups excluding carboxylic acids is 1. The first-order chi connectivity index (χ1) is 9.01. The predicted molar refractivity (Wildman–Crippen MR) is 75.9 cm³/mol. The number of fused-ring (bicyclic) bond motifs is 1. The quantitative estimate of drug-likeness (QED) is 0.813. The fraction of sp³-hybridized carbons (Fsp3) is 0.933. The molecule has 2 aliphatic rings. The molecule has 0 aromatic rings. The van der Waals surface area contributed by atoms with E-state index in [9.17, 15) is 9.90 Å². The van der Waals surface area contributed by atoms with Crippen molar-refractivity contribution in [1.82, 2.24) is 10.2 Å². The molecule has 1 saturated heterocycles. The molecule has 1 aliphatic carbocycles. The van der Waals surface area contributed by atoms with Gasteiger partial charge in [-0.25, -0.2) is 0 Å². The highest BCUT2D eigenvalue weighted by Gasteiger charge is 2.43. The van der Waals surface area contributed by atoms with Gasteiger partial charge in [0.1, 0.15) is 0 Å². The third-order valence-corrected chi connectivity index (χ3v) is 4.67. The van der Waals surface area contributed by atoms with Crippen LogP contribution in [0.1, 0.15) is 52.4 Å². The molecule has 1 heterocycles. The fourth-order valence-corrected chi connectivity index (χ4v) is 3.42. The highest BCUT2D eigenvalue weighted by atomic mass is 16.3. The average molecular weight is 268 g/mol. The van der Waals surface area contributed by atoms with Crippen LogP contribution in [0.5, 0.6) is 0 Å². The number of carbonyl (C=O) groups is 1. The van der Waals surface area contributed by atoms with E-state index in [1.165, 1.54) is 6.42 Å². The Morgan fingerprint density at radius 1 is 1.42 bits per heavy atom. The number of rotatable bonds is 4. The molecule has 0 aromatic heterocycles. The van der Waals surface area contributed by atoms with Crippen LogP contribution < -0.4 is 5.32 Å². The lowest BCUT2D eigenvalue weighted by Crippen LogP contribution is -2.54. The fourth-order valence-electron chi connectivity index (χ4n) is 3.42. The molecule has 19 heavy (non-hydrogen) atoms. The third-order valence-electron chi connectivity index (χ3n) is 4.67. The van der Waals surface area contributed by atoms with E-state index >= 15 is 0 Å². The lowest BCUT2D eigenvalue weighted by molar-refractivity contribution is -0.143. The third kappa shape index (κ3) is 3.69. The normalized spacial score (nSPS) is 31.4. The lowest BCUT2D eigenvalue weighted by Gasteiger charge is -2.47. The summed E-state index contributed by atoms with van der Waals surface area (Å²) in [6.45, 7) is 6.42. The van der Waals surface area contributed by atoms with E-state index in [-0.39, 0.29) is 5.91 Å². The van der Waals surface area contributed by atoms with Gasteiger partial charge >= 0.3 is 0 Å². The van der Waals surface area contributed by atoms with Crippen molar-refractivity contribution in [3.63, 3.8) is 0 Å². The molecular formula is C15H28N2O2. The molecule has 2 rings (SSSR count). The smallest absolute Gasteiger partial charge is 0.223 e. The minimum atomic E-state index is -0.481. The molecule has 2 atom stereocenters. The Morgan fingerprint density at radius 3 is 2.95 bits per heavy atom. The Balaban J connectivity index is 1.81. The molecule has 1 saturated carbocycles. The van der Waals surface area contributed by atoms with Gasteiger partial charge in [-0.2, -0.15) is 0 Å². The van der Waals surface area contributed by atoms with Crippen molar-refractivity contribution in [2.45, 2.75) is 64.0 Å². The van der Waals surface area contributed by atoms with Crippen LogP contribution in [-0.2, 0) is 4.79 Å². The molecule has 110 valence electrons. The van der Waals surface area contributed by atoms with E-state index in [0.29, 0.717) is 18.4 Å². The molecule has 2 N–H and O–H groups in total. The predicted octanol–water partition coefficient (Wildman–Crippen LogP) is 1.53. The van der Waals surface area contributed by atoms with Gasteiger partial charge in [-0.3, -0.25) is 4.79 Å². The Hall–Kier alpha value is -0.610. The summed E-state index contributed by atoms with van der Waals surface area (Å²) in [5, 5.41) is 13.9. The van der Waals surface area contributed by atoms with Gasteiger partial charge in [0.05, 0.1) is 5.60 Å². The second kappa shape index (κ2) is 6.23. The Labute approximate surface area is 116 Å². The zero-order valence-electron chi connectivity index (χ0n) is 12.3. The van der Waals surface area contributed by atoms with Gasteiger partial charge in [-0.15, -0.1) is 0 Å². The summed E-state index contributed by atoms with van der Waals surface area (Å²) >= 11 is 0. The lowest BCUT2D eigenvalue weighted by atomic mass is 9.71.